The molecule has 0 saturated carbocycles. The van der Waals surface area contributed by atoms with Crippen molar-refractivity contribution in [2.24, 2.45) is 0 Å². The van der Waals surface area contributed by atoms with Gasteiger partial charge in [0.15, 0.2) is 0 Å². The largest absolute Gasteiger partial charge is 0.478 e. The Morgan fingerprint density at radius 2 is 1.72 bits per heavy atom. The van der Waals surface area contributed by atoms with E-state index in [4.69, 9.17) is 22.4 Å². The molecule has 1 heterocycles. The summed E-state index contributed by atoms with van der Waals surface area (Å²) in [6, 6.07) is 11.9. The molecule has 3 N–H and O–H groups in total. The second-order valence-corrected chi connectivity index (χ2v) is 6.66. The van der Waals surface area contributed by atoms with Gasteiger partial charge in [0.1, 0.15) is 0 Å². The number of hydrogen-bond acceptors (Lipinski definition) is 3. The van der Waals surface area contributed by atoms with Gasteiger partial charge in [-0.1, -0.05) is 23.7 Å². The molecule has 1 saturated heterocycles. The third-order valence-corrected chi connectivity index (χ3v) is 4.89. The summed E-state index contributed by atoms with van der Waals surface area (Å²) in [5.74, 6) is -0.700. The van der Waals surface area contributed by atoms with E-state index in [-0.39, 0.29) is 11.5 Å². The van der Waals surface area contributed by atoms with Gasteiger partial charge in [-0.3, -0.25) is 4.79 Å². The van der Waals surface area contributed by atoms with Crippen LogP contribution in [0.25, 0.3) is 0 Å². The fourth-order valence-electron chi connectivity index (χ4n) is 3.20. The van der Waals surface area contributed by atoms with Crippen LogP contribution in [0.1, 0.15) is 45.0 Å². The van der Waals surface area contributed by atoms with E-state index in [0.29, 0.717) is 35.3 Å². The zero-order valence-electron chi connectivity index (χ0n) is 13.6. The Bertz CT molecular complexity index is 797. The zero-order valence-corrected chi connectivity index (χ0v) is 14.4. The van der Waals surface area contributed by atoms with Crippen LogP contribution in [0.3, 0.4) is 0 Å². The Morgan fingerprint density at radius 1 is 1.08 bits per heavy atom. The fraction of sp³-hybridized carbons (Fsp3) is 0.263. The van der Waals surface area contributed by atoms with Gasteiger partial charge in [-0.05, 0) is 54.7 Å². The van der Waals surface area contributed by atoms with Crippen molar-refractivity contribution in [2.75, 3.05) is 18.8 Å². The Morgan fingerprint density at radius 3 is 2.32 bits per heavy atom. The van der Waals surface area contributed by atoms with Crippen molar-refractivity contribution in [3.8, 4) is 0 Å². The van der Waals surface area contributed by atoms with Crippen molar-refractivity contribution in [3.05, 3.63) is 64.2 Å². The number of hydrogen-bond donors (Lipinski definition) is 2. The molecule has 0 aromatic heterocycles. The van der Waals surface area contributed by atoms with E-state index in [1.54, 1.807) is 35.2 Å². The van der Waals surface area contributed by atoms with Gasteiger partial charge < -0.3 is 15.7 Å². The van der Waals surface area contributed by atoms with Crippen molar-refractivity contribution < 1.29 is 14.7 Å². The number of halogens is 1. The van der Waals surface area contributed by atoms with Gasteiger partial charge in [0.05, 0.1) is 11.1 Å². The highest BCUT2D eigenvalue weighted by molar-refractivity contribution is 6.31. The number of anilines is 1. The molecule has 3 rings (SSSR count). The number of aromatic carboxylic acids is 1. The van der Waals surface area contributed by atoms with E-state index in [2.05, 4.69) is 0 Å². The summed E-state index contributed by atoms with van der Waals surface area (Å²) in [5.41, 5.74) is 8.17. The quantitative estimate of drug-likeness (QED) is 0.820. The smallest absolute Gasteiger partial charge is 0.335 e. The summed E-state index contributed by atoms with van der Waals surface area (Å²) in [4.78, 5) is 25.4. The van der Waals surface area contributed by atoms with Crippen molar-refractivity contribution in [2.45, 2.75) is 18.8 Å². The molecule has 1 aliphatic heterocycles. The molecule has 0 spiro atoms. The summed E-state index contributed by atoms with van der Waals surface area (Å²) in [6.07, 6.45) is 1.66. The number of amides is 1. The molecule has 2 aromatic rings. The second-order valence-electron chi connectivity index (χ2n) is 6.23. The highest BCUT2D eigenvalue weighted by Crippen LogP contribution is 2.30. The Balaban J connectivity index is 1.66. The first-order chi connectivity index (χ1) is 12.0. The molecular weight excluding hydrogens is 340 g/mol. The van der Waals surface area contributed by atoms with Crippen LogP contribution in [-0.4, -0.2) is 35.0 Å². The number of rotatable bonds is 3. The second kappa shape index (κ2) is 7.15. The number of nitrogen functional groups attached to an aromatic ring is 1. The predicted octanol–water partition coefficient (Wildman–Crippen LogP) is 3.64. The fourth-order valence-corrected chi connectivity index (χ4v) is 3.37. The molecule has 25 heavy (non-hydrogen) atoms. The summed E-state index contributed by atoms with van der Waals surface area (Å²) in [5, 5.41) is 9.46. The molecule has 0 radical (unpaired) electrons. The van der Waals surface area contributed by atoms with Gasteiger partial charge in [-0.15, -0.1) is 0 Å². The Labute approximate surface area is 151 Å². The van der Waals surface area contributed by atoms with Crippen molar-refractivity contribution >= 4 is 29.2 Å². The summed E-state index contributed by atoms with van der Waals surface area (Å²) >= 11 is 5.97. The van der Waals surface area contributed by atoms with E-state index < -0.39 is 5.97 Å². The van der Waals surface area contributed by atoms with Crippen molar-refractivity contribution in [1.82, 2.24) is 4.90 Å². The van der Waals surface area contributed by atoms with Gasteiger partial charge in [-0.2, -0.15) is 0 Å². The van der Waals surface area contributed by atoms with Gasteiger partial charge in [0.25, 0.3) is 5.91 Å². The van der Waals surface area contributed by atoms with E-state index >= 15 is 0 Å². The van der Waals surface area contributed by atoms with E-state index in [0.717, 1.165) is 18.4 Å². The Kier molecular flexibility index (Phi) is 4.95. The number of carbonyl (C=O) groups excluding carboxylic acids is 1. The summed E-state index contributed by atoms with van der Waals surface area (Å²) < 4.78 is 0. The number of nitrogens with two attached hydrogens (primary N) is 1. The minimum absolute atomic E-state index is 0.0975. The normalized spacial score (nSPS) is 15.2. The van der Waals surface area contributed by atoms with Crippen LogP contribution in [0, 0.1) is 0 Å². The third-order valence-electron chi connectivity index (χ3n) is 4.66. The van der Waals surface area contributed by atoms with E-state index in [1.807, 2.05) is 12.1 Å². The minimum Gasteiger partial charge on any atom is -0.478 e. The molecule has 0 atom stereocenters. The number of carbonyl (C=O) groups is 2. The topological polar surface area (TPSA) is 83.6 Å². The van der Waals surface area contributed by atoms with Gasteiger partial charge >= 0.3 is 5.97 Å². The van der Waals surface area contributed by atoms with Crippen LogP contribution in [0.4, 0.5) is 5.69 Å². The molecule has 1 amide bonds. The van der Waals surface area contributed by atoms with E-state index in [1.165, 1.54) is 0 Å². The highest BCUT2D eigenvalue weighted by Gasteiger charge is 2.25. The SMILES string of the molecule is Nc1ccc(Cl)cc1C(=O)N1CCC(c2ccc(C(=O)O)cc2)CC1. The van der Waals surface area contributed by atoms with Crippen molar-refractivity contribution in [3.63, 3.8) is 0 Å². The van der Waals surface area contributed by atoms with E-state index in [9.17, 15) is 9.59 Å². The number of carboxylic acids is 1. The average molecular weight is 359 g/mol. The molecule has 2 aromatic carbocycles. The van der Waals surface area contributed by atoms with Crippen LogP contribution in [0.2, 0.25) is 5.02 Å². The van der Waals surface area contributed by atoms with Crippen LogP contribution >= 0.6 is 11.6 Å². The standard InChI is InChI=1S/C19H19ClN2O3/c20-15-5-6-17(21)16(11-15)18(23)22-9-7-13(8-10-22)12-1-3-14(4-2-12)19(24)25/h1-6,11,13H,7-10,21H2,(H,24,25). The molecule has 0 aliphatic carbocycles. The van der Waals surface area contributed by atoms with Crippen LogP contribution in [0.15, 0.2) is 42.5 Å². The van der Waals surface area contributed by atoms with Gasteiger partial charge in [0, 0.05) is 23.8 Å². The van der Waals surface area contributed by atoms with Crippen molar-refractivity contribution in [1.29, 1.82) is 0 Å². The molecule has 6 heteroatoms. The lowest BCUT2D eigenvalue weighted by Crippen LogP contribution is -2.38. The first-order valence-electron chi connectivity index (χ1n) is 8.13. The third kappa shape index (κ3) is 3.77. The molecule has 130 valence electrons. The number of carboxylic acid groups (broad SMARTS) is 1. The number of piperidine rings is 1. The number of likely N-dealkylation sites (tertiary alicyclic amines) is 1. The molecule has 1 fully saturated rings. The maximum Gasteiger partial charge on any atom is 0.335 e. The average Bonchev–Trinajstić information content (AvgIpc) is 2.63. The highest BCUT2D eigenvalue weighted by atomic mass is 35.5. The molecule has 1 aliphatic rings. The molecule has 0 bridgehead atoms. The van der Waals surface area contributed by atoms with Crippen LogP contribution in [0.5, 0.6) is 0 Å². The number of benzene rings is 2. The zero-order chi connectivity index (χ0) is 18.0. The monoisotopic (exact) mass is 358 g/mol. The number of nitrogens with zero attached hydrogens (tertiary/aromatic N) is 1. The maximum atomic E-state index is 12.7. The van der Waals surface area contributed by atoms with Crippen LogP contribution in [-0.2, 0) is 0 Å². The summed E-state index contributed by atoms with van der Waals surface area (Å²) in [7, 11) is 0. The lowest BCUT2D eigenvalue weighted by molar-refractivity contribution is 0.0691. The molecule has 5 nitrogen and oxygen atoms in total. The lowest BCUT2D eigenvalue weighted by Gasteiger charge is -2.32. The van der Waals surface area contributed by atoms with Gasteiger partial charge in [0.2, 0.25) is 0 Å². The molecule has 0 unspecified atom stereocenters. The summed E-state index contributed by atoms with van der Waals surface area (Å²) in [6.45, 7) is 1.27. The van der Waals surface area contributed by atoms with Crippen LogP contribution < -0.4 is 5.73 Å². The predicted molar refractivity (Wildman–Crippen MR) is 97.1 cm³/mol. The first kappa shape index (κ1) is 17.3. The first-order valence-corrected chi connectivity index (χ1v) is 8.51. The maximum absolute atomic E-state index is 12.7. The lowest BCUT2D eigenvalue weighted by atomic mass is 9.88. The minimum atomic E-state index is -0.925. The Hall–Kier alpha value is -2.53. The van der Waals surface area contributed by atoms with Gasteiger partial charge in [-0.25, -0.2) is 4.79 Å². The molecular formula is C19H19ClN2O3.